The minimum atomic E-state index is -4.72. The summed E-state index contributed by atoms with van der Waals surface area (Å²) in [7, 11) is 0. The van der Waals surface area contributed by atoms with Crippen molar-refractivity contribution in [3.05, 3.63) is 69.8 Å². The van der Waals surface area contributed by atoms with Crippen LogP contribution in [0.25, 0.3) is 22.3 Å². The average Bonchev–Trinajstić information content (AvgIpc) is 3.51. The summed E-state index contributed by atoms with van der Waals surface area (Å²) in [5.41, 5.74) is 0.341. The number of carbonyl (C=O) groups excluding carboxylic acids is 3. The second-order valence-electron chi connectivity index (χ2n) is 11.1. The first-order chi connectivity index (χ1) is 21.4. The van der Waals surface area contributed by atoms with E-state index in [0.29, 0.717) is 29.0 Å². The SMILES string of the molecule is O=C1CCC(N2Cc3cc(Cn4ncc5c(-c6ncc(C(F)(F)F)cc6Cl)c(F)c(N6CC(F)C6)nc54)ccc3C2=O)C(=O)N1. The second-order valence-corrected chi connectivity index (χ2v) is 11.5. The molecule has 3 aliphatic rings. The molecule has 0 spiro atoms. The molecule has 4 aromatic rings. The Kier molecular flexibility index (Phi) is 6.76. The molecule has 3 aliphatic heterocycles. The van der Waals surface area contributed by atoms with Crippen molar-refractivity contribution in [1.29, 1.82) is 0 Å². The summed E-state index contributed by atoms with van der Waals surface area (Å²) in [6.07, 6.45) is -3.70. The van der Waals surface area contributed by atoms with Gasteiger partial charge in [0.2, 0.25) is 11.8 Å². The number of amides is 3. The van der Waals surface area contributed by atoms with Crippen molar-refractivity contribution >= 4 is 46.2 Å². The number of pyridine rings is 2. The number of halogens is 6. The molecule has 45 heavy (non-hydrogen) atoms. The van der Waals surface area contributed by atoms with Gasteiger partial charge in [-0.25, -0.2) is 18.4 Å². The summed E-state index contributed by atoms with van der Waals surface area (Å²) >= 11 is 6.21. The molecule has 0 radical (unpaired) electrons. The van der Waals surface area contributed by atoms with E-state index in [9.17, 15) is 31.9 Å². The van der Waals surface area contributed by atoms with Crippen LogP contribution in [0.2, 0.25) is 5.02 Å². The first-order valence-corrected chi connectivity index (χ1v) is 14.2. The number of nitrogens with one attached hydrogen (secondary N) is 1. The van der Waals surface area contributed by atoms with E-state index in [1.807, 2.05) is 0 Å². The van der Waals surface area contributed by atoms with E-state index >= 15 is 4.39 Å². The van der Waals surface area contributed by atoms with Crippen LogP contribution in [0.5, 0.6) is 0 Å². The van der Waals surface area contributed by atoms with Crippen molar-refractivity contribution in [3.63, 3.8) is 0 Å². The highest BCUT2D eigenvalue weighted by Gasteiger charge is 2.39. The largest absolute Gasteiger partial charge is 0.417 e. The molecule has 1 atom stereocenters. The third-order valence-electron chi connectivity index (χ3n) is 8.17. The number of imide groups is 1. The van der Waals surface area contributed by atoms with E-state index < -0.39 is 40.7 Å². The molecule has 1 aromatic carbocycles. The lowest BCUT2D eigenvalue weighted by atomic mass is 10.0. The molecule has 6 heterocycles. The van der Waals surface area contributed by atoms with Gasteiger partial charge in [0.25, 0.3) is 5.91 Å². The molecule has 2 saturated heterocycles. The van der Waals surface area contributed by atoms with Gasteiger partial charge in [-0.1, -0.05) is 23.7 Å². The lowest BCUT2D eigenvalue weighted by molar-refractivity contribution is -0.138. The third kappa shape index (κ3) is 4.94. The van der Waals surface area contributed by atoms with Crippen LogP contribution in [0.1, 0.15) is 39.9 Å². The maximum Gasteiger partial charge on any atom is 0.417 e. The van der Waals surface area contributed by atoms with Crippen LogP contribution in [0.15, 0.2) is 36.7 Å². The van der Waals surface area contributed by atoms with Crippen LogP contribution in [0, 0.1) is 5.82 Å². The van der Waals surface area contributed by atoms with Crippen molar-refractivity contribution < 1.29 is 36.3 Å². The molecule has 3 amide bonds. The van der Waals surface area contributed by atoms with E-state index in [-0.39, 0.29) is 78.9 Å². The van der Waals surface area contributed by atoms with Crippen LogP contribution in [-0.4, -0.2) is 67.7 Å². The van der Waals surface area contributed by atoms with Crippen LogP contribution in [-0.2, 0) is 28.9 Å². The number of fused-ring (bicyclic) bond motifs is 2. The summed E-state index contributed by atoms with van der Waals surface area (Å²) in [6.45, 7) is 0.00353. The number of nitrogens with zero attached hydrogens (tertiary/aromatic N) is 6. The highest BCUT2D eigenvalue weighted by molar-refractivity contribution is 6.33. The Bertz CT molecular complexity index is 1920. The zero-order chi connectivity index (χ0) is 31.8. The van der Waals surface area contributed by atoms with Gasteiger partial charge in [-0.15, -0.1) is 0 Å². The molecule has 10 nitrogen and oxygen atoms in total. The van der Waals surface area contributed by atoms with E-state index in [1.54, 1.807) is 18.2 Å². The van der Waals surface area contributed by atoms with Crippen molar-refractivity contribution in [2.75, 3.05) is 18.0 Å². The number of hydrogen-bond acceptors (Lipinski definition) is 7. The van der Waals surface area contributed by atoms with Gasteiger partial charge in [-0.2, -0.15) is 18.3 Å². The molecular formula is C29H21ClF5N7O3. The first-order valence-electron chi connectivity index (χ1n) is 13.8. The number of hydrogen-bond donors (Lipinski definition) is 1. The summed E-state index contributed by atoms with van der Waals surface area (Å²) in [5, 5.41) is 6.31. The number of benzene rings is 1. The molecule has 0 aliphatic carbocycles. The molecule has 16 heteroatoms. The Morgan fingerprint density at radius 2 is 1.87 bits per heavy atom. The molecular weight excluding hydrogens is 625 g/mol. The van der Waals surface area contributed by atoms with E-state index in [0.717, 1.165) is 0 Å². The summed E-state index contributed by atoms with van der Waals surface area (Å²) in [6, 6.07) is 4.98. The summed E-state index contributed by atoms with van der Waals surface area (Å²) in [4.78, 5) is 48.1. The number of anilines is 1. The molecule has 7 rings (SSSR count). The standard InChI is InChI=1S/C29H21ClF5N7O3/c30-19-6-15(29(33,34)35)7-36-24(19)22-18-8-37-42(25(18)39-26(23(22)32)40-11-16(31)12-40)9-13-1-2-17-14(5-13)10-41(28(17)45)20-3-4-21(43)38-27(20)44/h1-2,5-8,16,20H,3-4,9-12H2,(H,38,43,44). The Balaban J connectivity index is 1.25. The normalized spacial score (nSPS) is 18.9. The highest BCUT2D eigenvalue weighted by atomic mass is 35.5. The fourth-order valence-corrected chi connectivity index (χ4v) is 6.14. The van der Waals surface area contributed by atoms with Crippen LogP contribution >= 0.6 is 11.6 Å². The van der Waals surface area contributed by atoms with Gasteiger partial charge in [-0.3, -0.25) is 24.7 Å². The second kappa shape index (κ2) is 10.5. The number of rotatable bonds is 5. The zero-order valence-electron chi connectivity index (χ0n) is 23.0. The molecule has 1 N–H and O–H groups in total. The molecule has 232 valence electrons. The van der Waals surface area contributed by atoms with Gasteiger partial charge in [-0.05, 0) is 29.7 Å². The third-order valence-corrected chi connectivity index (χ3v) is 8.46. The zero-order valence-corrected chi connectivity index (χ0v) is 23.8. The van der Waals surface area contributed by atoms with E-state index in [2.05, 4.69) is 20.4 Å². The smallest absolute Gasteiger partial charge is 0.348 e. The Morgan fingerprint density at radius 3 is 2.56 bits per heavy atom. The van der Waals surface area contributed by atoms with Gasteiger partial charge in [0, 0.05) is 24.7 Å². The predicted octanol–water partition coefficient (Wildman–Crippen LogP) is 4.27. The number of alkyl halides is 4. The summed E-state index contributed by atoms with van der Waals surface area (Å²) in [5.74, 6) is -2.38. The molecule has 2 fully saturated rings. The fourth-order valence-electron chi connectivity index (χ4n) is 5.88. The maximum absolute atomic E-state index is 16.0. The topological polar surface area (TPSA) is 113 Å². The van der Waals surface area contributed by atoms with E-state index in [4.69, 9.17) is 11.6 Å². The average molecular weight is 646 g/mol. The lowest BCUT2D eigenvalue weighted by Gasteiger charge is -2.35. The molecule has 1 unspecified atom stereocenters. The monoisotopic (exact) mass is 645 g/mol. The molecule has 3 aromatic heterocycles. The van der Waals surface area contributed by atoms with Gasteiger partial charge < -0.3 is 9.80 Å². The molecule has 0 bridgehead atoms. The van der Waals surface area contributed by atoms with Gasteiger partial charge in [0.1, 0.15) is 12.2 Å². The minimum Gasteiger partial charge on any atom is -0.348 e. The predicted molar refractivity (Wildman–Crippen MR) is 149 cm³/mol. The summed E-state index contributed by atoms with van der Waals surface area (Å²) < 4.78 is 71.0. The number of carbonyl (C=O) groups is 3. The van der Waals surface area contributed by atoms with Crippen molar-refractivity contribution in [1.82, 2.24) is 30.0 Å². The van der Waals surface area contributed by atoms with Crippen LogP contribution in [0.3, 0.4) is 0 Å². The van der Waals surface area contributed by atoms with Crippen LogP contribution in [0.4, 0.5) is 27.8 Å². The maximum atomic E-state index is 16.0. The fraction of sp³-hybridized carbons (Fsp3) is 0.310. The van der Waals surface area contributed by atoms with Gasteiger partial charge >= 0.3 is 6.18 Å². The quantitative estimate of drug-likeness (QED) is 0.255. The Hall–Kier alpha value is -4.66. The van der Waals surface area contributed by atoms with Crippen molar-refractivity contribution in [3.8, 4) is 11.3 Å². The minimum absolute atomic E-state index is 0.0980. The van der Waals surface area contributed by atoms with E-state index in [1.165, 1.54) is 20.7 Å². The van der Waals surface area contributed by atoms with Gasteiger partial charge in [0.05, 0.1) is 53.1 Å². The Labute approximate surface area is 255 Å². The molecule has 0 saturated carbocycles. The van der Waals surface area contributed by atoms with Gasteiger partial charge in [0.15, 0.2) is 17.3 Å². The van der Waals surface area contributed by atoms with Crippen molar-refractivity contribution in [2.24, 2.45) is 0 Å². The first kappa shape index (κ1) is 29.1. The lowest BCUT2D eigenvalue weighted by Crippen LogP contribution is -2.52. The number of aromatic nitrogens is 4. The van der Waals surface area contributed by atoms with Crippen molar-refractivity contribution in [2.45, 2.75) is 44.3 Å². The number of piperidine rings is 1. The highest BCUT2D eigenvalue weighted by Crippen LogP contribution is 2.41. The van der Waals surface area contributed by atoms with Crippen LogP contribution < -0.4 is 10.2 Å². The Morgan fingerprint density at radius 1 is 1.09 bits per heavy atom.